The predicted octanol–water partition coefficient (Wildman–Crippen LogP) is 1.43. The van der Waals surface area contributed by atoms with E-state index >= 15 is 0 Å². The number of nitrogens with zero attached hydrogens (tertiary/aromatic N) is 2. The molecule has 5 nitrogen and oxygen atoms in total. The van der Waals surface area contributed by atoms with Crippen LogP contribution in [0.4, 0.5) is 0 Å². The lowest BCUT2D eigenvalue weighted by Gasteiger charge is -2.12. The smallest absolute Gasteiger partial charge is 0.305 e. The Hall–Kier alpha value is -1.36. The number of rotatable bonds is 7. The molecule has 0 saturated heterocycles. The first-order valence-electron chi connectivity index (χ1n) is 6.62. The van der Waals surface area contributed by atoms with Crippen molar-refractivity contribution in [3.8, 4) is 0 Å². The van der Waals surface area contributed by atoms with Gasteiger partial charge in [-0.05, 0) is 26.2 Å². The molecule has 1 aromatic heterocycles. The van der Waals surface area contributed by atoms with Crippen molar-refractivity contribution in [2.45, 2.75) is 51.1 Å². The molecule has 2 N–H and O–H groups in total. The van der Waals surface area contributed by atoms with Crippen molar-refractivity contribution in [3.05, 3.63) is 18.2 Å². The first kappa shape index (κ1) is 13.1. The number of aromatic nitrogens is 2. The summed E-state index contributed by atoms with van der Waals surface area (Å²) in [7, 11) is 0. The van der Waals surface area contributed by atoms with E-state index in [1.54, 1.807) is 0 Å². The fraction of sp³-hybridized carbons (Fsp3) is 0.692. The van der Waals surface area contributed by atoms with Crippen molar-refractivity contribution in [2.75, 3.05) is 6.61 Å². The van der Waals surface area contributed by atoms with Crippen LogP contribution in [0, 0.1) is 0 Å². The number of ether oxygens (including phenoxy) is 1. The Labute approximate surface area is 107 Å². The number of hydrogen-bond donors (Lipinski definition) is 1. The van der Waals surface area contributed by atoms with Crippen molar-refractivity contribution < 1.29 is 9.53 Å². The minimum absolute atomic E-state index is 0.0105. The predicted molar refractivity (Wildman–Crippen MR) is 68.0 cm³/mol. The third-order valence-corrected chi connectivity index (χ3v) is 3.18. The molecule has 0 radical (unpaired) electrons. The second-order valence-electron chi connectivity index (χ2n) is 4.83. The lowest BCUT2D eigenvalue weighted by Crippen LogP contribution is -2.25. The highest BCUT2D eigenvalue weighted by atomic mass is 16.5. The lowest BCUT2D eigenvalue weighted by molar-refractivity contribution is -0.143. The van der Waals surface area contributed by atoms with Gasteiger partial charge < -0.3 is 15.0 Å². The van der Waals surface area contributed by atoms with Crippen LogP contribution >= 0.6 is 0 Å². The van der Waals surface area contributed by atoms with Gasteiger partial charge in [-0.3, -0.25) is 4.79 Å². The minimum Gasteiger partial charge on any atom is -0.466 e. The van der Waals surface area contributed by atoms with Gasteiger partial charge >= 0.3 is 5.97 Å². The standard InChI is InChI=1S/C13H21N3O2/c1-2-18-13(17)6-3-10(14)7-12-8-15-9-16(12)11-4-5-11/h8-11H,2-7,14H2,1H3. The van der Waals surface area contributed by atoms with E-state index in [0.717, 1.165) is 6.42 Å². The van der Waals surface area contributed by atoms with E-state index in [4.69, 9.17) is 10.5 Å². The first-order chi connectivity index (χ1) is 8.70. The molecule has 0 amide bonds. The average Bonchev–Trinajstić information content (AvgIpc) is 3.08. The number of esters is 1. The van der Waals surface area contributed by atoms with Crippen molar-refractivity contribution in [2.24, 2.45) is 5.73 Å². The molecule has 18 heavy (non-hydrogen) atoms. The molecule has 5 heteroatoms. The minimum atomic E-state index is -0.163. The normalized spacial score (nSPS) is 16.6. The molecule has 100 valence electrons. The van der Waals surface area contributed by atoms with Crippen LogP contribution in [0.3, 0.4) is 0 Å². The molecule has 0 bridgehead atoms. The van der Waals surface area contributed by atoms with Gasteiger partial charge in [-0.25, -0.2) is 4.98 Å². The molecule has 1 aliphatic rings. The number of imidazole rings is 1. The molecule has 1 atom stereocenters. The third kappa shape index (κ3) is 3.57. The Balaban J connectivity index is 1.78. The Morgan fingerprint density at radius 2 is 2.44 bits per heavy atom. The third-order valence-electron chi connectivity index (χ3n) is 3.18. The van der Waals surface area contributed by atoms with Gasteiger partial charge in [-0.15, -0.1) is 0 Å². The number of carbonyl (C=O) groups excluding carboxylic acids is 1. The van der Waals surface area contributed by atoms with E-state index < -0.39 is 0 Å². The second-order valence-corrected chi connectivity index (χ2v) is 4.83. The zero-order valence-electron chi connectivity index (χ0n) is 10.8. The highest BCUT2D eigenvalue weighted by Gasteiger charge is 2.25. The zero-order valence-corrected chi connectivity index (χ0v) is 10.8. The van der Waals surface area contributed by atoms with Crippen LogP contribution in [0.15, 0.2) is 12.5 Å². The highest BCUT2D eigenvalue weighted by Crippen LogP contribution is 2.35. The van der Waals surface area contributed by atoms with Gasteiger partial charge in [0, 0.05) is 36.8 Å². The van der Waals surface area contributed by atoms with Crippen LogP contribution in [0.1, 0.15) is 44.3 Å². The molecule has 0 aromatic carbocycles. The van der Waals surface area contributed by atoms with Crippen molar-refractivity contribution in [3.63, 3.8) is 0 Å². The summed E-state index contributed by atoms with van der Waals surface area (Å²) in [5.74, 6) is -0.163. The number of carbonyl (C=O) groups is 1. The molecule has 1 unspecified atom stereocenters. The summed E-state index contributed by atoms with van der Waals surface area (Å²) in [5, 5.41) is 0. The van der Waals surface area contributed by atoms with Crippen molar-refractivity contribution in [1.82, 2.24) is 9.55 Å². The number of nitrogens with two attached hydrogens (primary N) is 1. The summed E-state index contributed by atoms with van der Waals surface area (Å²) in [4.78, 5) is 15.4. The maximum atomic E-state index is 11.2. The SMILES string of the molecule is CCOC(=O)CCC(N)Cc1cncn1C1CC1. The summed E-state index contributed by atoms with van der Waals surface area (Å²) in [6, 6.07) is 0.614. The fourth-order valence-corrected chi connectivity index (χ4v) is 2.08. The van der Waals surface area contributed by atoms with Gasteiger partial charge in [0.2, 0.25) is 0 Å². The Morgan fingerprint density at radius 3 is 3.11 bits per heavy atom. The molecule has 0 spiro atoms. The van der Waals surface area contributed by atoms with Gasteiger partial charge in [-0.2, -0.15) is 0 Å². The molecule has 0 aliphatic heterocycles. The molecule has 2 rings (SSSR count). The summed E-state index contributed by atoms with van der Waals surface area (Å²) in [5.41, 5.74) is 7.22. The molecule has 1 aromatic rings. The van der Waals surface area contributed by atoms with E-state index in [2.05, 4.69) is 9.55 Å². The van der Waals surface area contributed by atoms with E-state index in [9.17, 15) is 4.79 Å². The van der Waals surface area contributed by atoms with Gasteiger partial charge in [0.25, 0.3) is 0 Å². The van der Waals surface area contributed by atoms with Gasteiger partial charge in [-0.1, -0.05) is 0 Å². The summed E-state index contributed by atoms with van der Waals surface area (Å²) in [6.45, 7) is 2.24. The fourth-order valence-electron chi connectivity index (χ4n) is 2.08. The van der Waals surface area contributed by atoms with E-state index in [0.29, 0.717) is 25.5 Å². The van der Waals surface area contributed by atoms with E-state index in [-0.39, 0.29) is 12.0 Å². The van der Waals surface area contributed by atoms with Crippen molar-refractivity contribution >= 4 is 5.97 Å². The van der Waals surface area contributed by atoms with Crippen molar-refractivity contribution in [1.29, 1.82) is 0 Å². The molecule has 1 aliphatic carbocycles. The molecular formula is C13H21N3O2. The Bertz CT molecular complexity index is 399. The summed E-state index contributed by atoms with van der Waals surface area (Å²) < 4.78 is 7.10. The van der Waals surface area contributed by atoms with Gasteiger partial charge in [0.05, 0.1) is 12.9 Å². The number of hydrogen-bond acceptors (Lipinski definition) is 4. The lowest BCUT2D eigenvalue weighted by atomic mass is 10.1. The van der Waals surface area contributed by atoms with Crippen LogP contribution in [-0.2, 0) is 16.0 Å². The van der Waals surface area contributed by atoms with Crippen LogP contribution in [-0.4, -0.2) is 28.2 Å². The summed E-state index contributed by atoms with van der Waals surface area (Å²) in [6.07, 6.45) is 8.06. The largest absolute Gasteiger partial charge is 0.466 e. The van der Waals surface area contributed by atoms with Crippen LogP contribution in [0.25, 0.3) is 0 Å². The summed E-state index contributed by atoms with van der Waals surface area (Å²) >= 11 is 0. The van der Waals surface area contributed by atoms with E-state index in [1.165, 1.54) is 18.5 Å². The molecule has 1 saturated carbocycles. The van der Waals surface area contributed by atoms with Gasteiger partial charge in [0.1, 0.15) is 0 Å². The molecular weight excluding hydrogens is 230 g/mol. The zero-order chi connectivity index (χ0) is 13.0. The maximum absolute atomic E-state index is 11.2. The van der Waals surface area contributed by atoms with E-state index in [1.807, 2.05) is 19.4 Å². The Morgan fingerprint density at radius 1 is 1.67 bits per heavy atom. The first-order valence-corrected chi connectivity index (χ1v) is 6.62. The highest BCUT2D eigenvalue weighted by molar-refractivity contribution is 5.69. The topological polar surface area (TPSA) is 70.1 Å². The van der Waals surface area contributed by atoms with Crippen LogP contribution in [0.2, 0.25) is 0 Å². The molecule has 1 heterocycles. The molecule has 1 fully saturated rings. The second kappa shape index (κ2) is 6.00. The monoisotopic (exact) mass is 251 g/mol. The maximum Gasteiger partial charge on any atom is 0.305 e. The Kier molecular flexibility index (Phi) is 4.36. The average molecular weight is 251 g/mol. The van der Waals surface area contributed by atoms with Gasteiger partial charge in [0.15, 0.2) is 0 Å². The quantitative estimate of drug-likeness (QED) is 0.744. The van der Waals surface area contributed by atoms with Crippen LogP contribution in [0.5, 0.6) is 0 Å². The van der Waals surface area contributed by atoms with Crippen LogP contribution < -0.4 is 5.73 Å².